The Labute approximate surface area is 126 Å². The molecular weight excluding hydrogens is 290 g/mol. The van der Waals surface area contributed by atoms with Crippen LogP contribution in [-0.4, -0.2) is 43.6 Å². The molecule has 0 aliphatic heterocycles. The second-order valence-electron chi connectivity index (χ2n) is 5.52. The number of sulfonamides is 1. The number of nitrogens with two attached hydrogens (primary N) is 1. The lowest BCUT2D eigenvalue weighted by Gasteiger charge is -2.26. The zero-order chi connectivity index (χ0) is 15.6. The normalized spacial score (nSPS) is 17.4. The van der Waals surface area contributed by atoms with Crippen molar-refractivity contribution in [1.82, 2.24) is 8.87 Å². The summed E-state index contributed by atoms with van der Waals surface area (Å²) in [4.78, 5) is 0.333. The van der Waals surface area contributed by atoms with Crippen molar-refractivity contribution in [2.45, 2.75) is 50.2 Å². The standard InChI is InChI=1S/C14H25N3O3S/c1-4-17(11(2)10-20-3)21(18,19)14-7-13(8-15)16(9-14)12-5-6-12/h7,9,11-12H,4-6,8,10,15H2,1-3H3. The molecule has 0 bridgehead atoms. The van der Waals surface area contributed by atoms with E-state index in [1.807, 2.05) is 18.4 Å². The summed E-state index contributed by atoms with van der Waals surface area (Å²) in [5, 5.41) is 0. The third-order valence-corrected chi connectivity index (χ3v) is 5.93. The Hall–Kier alpha value is -0.890. The lowest BCUT2D eigenvalue weighted by Crippen LogP contribution is -2.40. The molecule has 1 unspecified atom stereocenters. The minimum absolute atomic E-state index is 0.199. The maximum absolute atomic E-state index is 12.8. The van der Waals surface area contributed by atoms with Crippen molar-refractivity contribution in [3.8, 4) is 0 Å². The van der Waals surface area contributed by atoms with Crippen LogP contribution in [0.1, 0.15) is 38.4 Å². The van der Waals surface area contributed by atoms with Crippen LogP contribution in [0.4, 0.5) is 0 Å². The summed E-state index contributed by atoms with van der Waals surface area (Å²) in [5.41, 5.74) is 6.62. The van der Waals surface area contributed by atoms with Gasteiger partial charge in [-0.3, -0.25) is 0 Å². The Morgan fingerprint density at radius 3 is 2.67 bits per heavy atom. The van der Waals surface area contributed by atoms with Gasteiger partial charge in [0.1, 0.15) is 4.90 Å². The third kappa shape index (κ3) is 3.31. The van der Waals surface area contributed by atoms with Crippen LogP contribution in [-0.2, 0) is 21.3 Å². The molecule has 1 aromatic rings. The van der Waals surface area contributed by atoms with Gasteiger partial charge in [0, 0.05) is 44.2 Å². The van der Waals surface area contributed by atoms with Crippen molar-refractivity contribution in [2.24, 2.45) is 5.73 Å². The summed E-state index contributed by atoms with van der Waals surface area (Å²) in [5.74, 6) is 0. The van der Waals surface area contributed by atoms with Crippen molar-refractivity contribution in [1.29, 1.82) is 0 Å². The SMILES string of the molecule is CCN(C(C)COC)S(=O)(=O)c1cc(CN)n(C2CC2)c1. The first-order valence-electron chi connectivity index (χ1n) is 7.37. The van der Waals surface area contributed by atoms with Crippen LogP contribution in [0.5, 0.6) is 0 Å². The molecule has 0 radical (unpaired) electrons. The highest BCUT2D eigenvalue weighted by Crippen LogP contribution is 2.37. The Bertz CT molecular complexity index is 578. The molecule has 1 aromatic heterocycles. The van der Waals surface area contributed by atoms with E-state index < -0.39 is 10.0 Å². The number of methoxy groups -OCH3 is 1. The van der Waals surface area contributed by atoms with E-state index in [9.17, 15) is 8.42 Å². The molecule has 1 heterocycles. The monoisotopic (exact) mass is 315 g/mol. The average Bonchev–Trinajstić information content (AvgIpc) is 3.18. The molecule has 1 saturated carbocycles. The second-order valence-corrected chi connectivity index (χ2v) is 7.41. The number of hydrogen-bond acceptors (Lipinski definition) is 4. The van der Waals surface area contributed by atoms with Gasteiger partial charge in [-0.15, -0.1) is 0 Å². The van der Waals surface area contributed by atoms with Crippen LogP contribution in [0.15, 0.2) is 17.2 Å². The van der Waals surface area contributed by atoms with Crippen molar-refractivity contribution < 1.29 is 13.2 Å². The molecule has 1 aliphatic rings. The topological polar surface area (TPSA) is 77.6 Å². The van der Waals surface area contributed by atoms with Gasteiger partial charge >= 0.3 is 0 Å². The zero-order valence-electron chi connectivity index (χ0n) is 12.9. The third-order valence-electron chi connectivity index (χ3n) is 3.87. The van der Waals surface area contributed by atoms with E-state index in [-0.39, 0.29) is 6.04 Å². The van der Waals surface area contributed by atoms with Crippen LogP contribution in [0, 0.1) is 0 Å². The summed E-state index contributed by atoms with van der Waals surface area (Å²) < 4.78 is 34.2. The van der Waals surface area contributed by atoms with Gasteiger partial charge in [0.05, 0.1) is 6.61 Å². The predicted octanol–water partition coefficient (Wildman–Crippen LogP) is 1.33. The molecule has 2 N–H and O–H groups in total. The summed E-state index contributed by atoms with van der Waals surface area (Å²) in [6.45, 7) is 4.84. The molecule has 0 aromatic carbocycles. The van der Waals surface area contributed by atoms with E-state index in [2.05, 4.69) is 0 Å². The van der Waals surface area contributed by atoms with Crippen LogP contribution in [0.2, 0.25) is 0 Å². The van der Waals surface area contributed by atoms with Gasteiger partial charge in [-0.05, 0) is 25.8 Å². The highest BCUT2D eigenvalue weighted by atomic mass is 32.2. The smallest absolute Gasteiger partial charge is 0.244 e. The van der Waals surface area contributed by atoms with Crippen molar-refractivity contribution in [3.05, 3.63) is 18.0 Å². The Morgan fingerprint density at radius 1 is 1.52 bits per heavy atom. The molecule has 0 saturated heterocycles. The number of nitrogens with zero attached hydrogens (tertiary/aromatic N) is 2. The van der Waals surface area contributed by atoms with Gasteiger partial charge in [-0.1, -0.05) is 6.92 Å². The zero-order valence-corrected chi connectivity index (χ0v) is 13.8. The molecule has 1 fully saturated rings. The number of rotatable bonds is 8. The van der Waals surface area contributed by atoms with E-state index in [0.29, 0.717) is 30.6 Å². The van der Waals surface area contributed by atoms with E-state index in [0.717, 1.165) is 18.5 Å². The fourth-order valence-electron chi connectivity index (χ4n) is 2.67. The predicted molar refractivity (Wildman–Crippen MR) is 81.5 cm³/mol. The second kappa shape index (κ2) is 6.48. The highest BCUT2D eigenvalue weighted by Gasteiger charge is 2.32. The number of ether oxygens (including phenoxy) is 1. The largest absolute Gasteiger partial charge is 0.383 e. The molecule has 7 heteroatoms. The van der Waals surface area contributed by atoms with Crippen molar-refractivity contribution in [2.75, 3.05) is 20.3 Å². The lowest BCUT2D eigenvalue weighted by atomic mass is 10.4. The van der Waals surface area contributed by atoms with E-state index >= 15 is 0 Å². The fourth-order valence-corrected chi connectivity index (χ4v) is 4.35. The Morgan fingerprint density at radius 2 is 2.19 bits per heavy atom. The van der Waals surface area contributed by atoms with Crippen LogP contribution in [0.3, 0.4) is 0 Å². The maximum Gasteiger partial charge on any atom is 0.244 e. The van der Waals surface area contributed by atoms with Gasteiger partial charge in [0.2, 0.25) is 10.0 Å². The Balaban J connectivity index is 2.33. The van der Waals surface area contributed by atoms with Crippen LogP contribution >= 0.6 is 0 Å². The molecular formula is C14H25N3O3S. The number of likely N-dealkylation sites (N-methyl/N-ethyl adjacent to an activating group) is 1. The summed E-state index contributed by atoms with van der Waals surface area (Å²) >= 11 is 0. The van der Waals surface area contributed by atoms with Crippen molar-refractivity contribution in [3.63, 3.8) is 0 Å². The Kier molecular flexibility index (Phi) is 5.08. The van der Waals surface area contributed by atoms with E-state index in [4.69, 9.17) is 10.5 Å². The lowest BCUT2D eigenvalue weighted by molar-refractivity contribution is 0.142. The van der Waals surface area contributed by atoms with Gasteiger partial charge < -0.3 is 15.0 Å². The van der Waals surface area contributed by atoms with Gasteiger partial charge in [-0.2, -0.15) is 4.31 Å². The van der Waals surface area contributed by atoms with Crippen LogP contribution in [0.25, 0.3) is 0 Å². The molecule has 120 valence electrons. The molecule has 1 atom stereocenters. The van der Waals surface area contributed by atoms with Crippen LogP contribution < -0.4 is 5.73 Å². The molecule has 1 aliphatic carbocycles. The maximum atomic E-state index is 12.8. The first kappa shape index (κ1) is 16.5. The molecule has 0 spiro atoms. The summed E-state index contributed by atoms with van der Waals surface area (Å²) in [6, 6.07) is 1.92. The summed E-state index contributed by atoms with van der Waals surface area (Å²) in [6.07, 6.45) is 3.93. The van der Waals surface area contributed by atoms with Gasteiger partial charge in [0.25, 0.3) is 0 Å². The quantitative estimate of drug-likeness (QED) is 0.785. The van der Waals surface area contributed by atoms with Gasteiger partial charge in [0.15, 0.2) is 0 Å². The molecule has 0 amide bonds. The fraction of sp³-hybridized carbons (Fsp3) is 0.714. The van der Waals surface area contributed by atoms with E-state index in [1.165, 1.54) is 4.31 Å². The van der Waals surface area contributed by atoms with Gasteiger partial charge in [-0.25, -0.2) is 8.42 Å². The molecule has 6 nitrogen and oxygen atoms in total. The average molecular weight is 315 g/mol. The van der Waals surface area contributed by atoms with Crippen molar-refractivity contribution >= 4 is 10.0 Å². The summed E-state index contributed by atoms with van der Waals surface area (Å²) in [7, 11) is -1.94. The molecule has 2 rings (SSSR count). The first-order chi connectivity index (χ1) is 9.95. The number of hydrogen-bond donors (Lipinski definition) is 1. The minimum atomic E-state index is -3.51. The number of aromatic nitrogens is 1. The van der Waals surface area contributed by atoms with E-state index in [1.54, 1.807) is 19.4 Å². The molecule has 21 heavy (non-hydrogen) atoms. The minimum Gasteiger partial charge on any atom is -0.383 e. The first-order valence-corrected chi connectivity index (χ1v) is 8.81. The highest BCUT2D eigenvalue weighted by molar-refractivity contribution is 7.89.